The molecule has 0 saturated carbocycles. The molecule has 1 heterocycles. The van der Waals surface area contributed by atoms with E-state index in [-0.39, 0.29) is 0 Å². The molecule has 1 aromatic heterocycles. The van der Waals surface area contributed by atoms with Gasteiger partial charge in [-0.3, -0.25) is 0 Å². The van der Waals surface area contributed by atoms with E-state index in [2.05, 4.69) is 22.0 Å². The van der Waals surface area contributed by atoms with Crippen molar-refractivity contribution in [2.45, 2.75) is 12.8 Å². The minimum atomic E-state index is 0.697. The number of thiazole rings is 1. The molecule has 0 N–H and O–H groups in total. The van der Waals surface area contributed by atoms with Crippen molar-refractivity contribution in [1.82, 2.24) is 4.98 Å². The lowest BCUT2D eigenvalue weighted by Gasteiger charge is -2.11. The van der Waals surface area contributed by atoms with E-state index in [0.29, 0.717) is 6.61 Å². The number of halogens is 1. The van der Waals surface area contributed by atoms with Gasteiger partial charge in [0, 0.05) is 10.9 Å². The van der Waals surface area contributed by atoms with Gasteiger partial charge < -0.3 is 9.47 Å². The molecular formula is C18H18BrNO2S. The van der Waals surface area contributed by atoms with Crippen LogP contribution in [0.3, 0.4) is 0 Å². The normalized spacial score (nSPS) is 10.9. The summed E-state index contributed by atoms with van der Waals surface area (Å²) in [5.41, 5.74) is 2.08. The van der Waals surface area contributed by atoms with Crippen molar-refractivity contribution in [1.29, 1.82) is 0 Å². The maximum atomic E-state index is 5.82. The Labute approximate surface area is 148 Å². The lowest BCUT2D eigenvalue weighted by Crippen LogP contribution is -1.99. The molecule has 0 spiro atoms. The molecule has 0 aliphatic rings. The van der Waals surface area contributed by atoms with Gasteiger partial charge in [0.05, 0.1) is 23.9 Å². The number of fused-ring (bicyclic) bond motifs is 1. The van der Waals surface area contributed by atoms with E-state index >= 15 is 0 Å². The predicted octanol–water partition coefficient (Wildman–Crippen LogP) is 5.53. The highest BCUT2D eigenvalue weighted by Crippen LogP contribution is 2.36. The Balaban J connectivity index is 1.83. The van der Waals surface area contributed by atoms with Crippen molar-refractivity contribution in [3.8, 4) is 22.1 Å². The van der Waals surface area contributed by atoms with Gasteiger partial charge in [0.25, 0.3) is 0 Å². The lowest BCUT2D eigenvalue weighted by atomic mass is 10.2. The molecule has 23 heavy (non-hydrogen) atoms. The molecule has 5 heteroatoms. The van der Waals surface area contributed by atoms with E-state index in [9.17, 15) is 0 Å². The number of rotatable bonds is 7. The average Bonchev–Trinajstić information content (AvgIpc) is 3.03. The fourth-order valence-electron chi connectivity index (χ4n) is 2.29. The molecule has 120 valence electrons. The number of unbranched alkanes of at least 4 members (excludes halogenated alkanes) is 1. The van der Waals surface area contributed by atoms with Crippen LogP contribution in [0, 0.1) is 0 Å². The van der Waals surface area contributed by atoms with Crippen molar-refractivity contribution in [3.05, 3.63) is 42.5 Å². The summed E-state index contributed by atoms with van der Waals surface area (Å²) in [5.74, 6) is 1.53. The van der Waals surface area contributed by atoms with E-state index in [0.717, 1.165) is 45.8 Å². The third-order valence-electron chi connectivity index (χ3n) is 3.49. The topological polar surface area (TPSA) is 31.4 Å². The van der Waals surface area contributed by atoms with E-state index < -0.39 is 0 Å². The number of aromatic nitrogens is 1. The van der Waals surface area contributed by atoms with Gasteiger partial charge in [0.2, 0.25) is 0 Å². The van der Waals surface area contributed by atoms with Crippen LogP contribution in [0.15, 0.2) is 42.5 Å². The quantitative estimate of drug-likeness (QED) is 0.392. The number of alkyl halides is 1. The van der Waals surface area contributed by atoms with Gasteiger partial charge in [-0.05, 0) is 43.2 Å². The number of nitrogens with zero attached hydrogens (tertiary/aromatic N) is 1. The molecule has 0 amide bonds. The summed E-state index contributed by atoms with van der Waals surface area (Å²) in [7, 11) is 1.67. The molecule has 0 saturated heterocycles. The van der Waals surface area contributed by atoms with Gasteiger partial charge in [0.1, 0.15) is 5.01 Å². The average molecular weight is 392 g/mol. The summed E-state index contributed by atoms with van der Waals surface area (Å²) in [5, 5.41) is 2.00. The minimum absolute atomic E-state index is 0.697. The van der Waals surface area contributed by atoms with Crippen LogP contribution < -0.4 is 9.47 Å². The maximum Gasteiger partial charge on any atom is 0.161 e. The third-order valence-corrected chi connectivity index (χ3v) is 5.14. The molecule has 3 aromatic rings. The van der Waals surface area contributed by atoms with E-state index in [4.69, 9.17) is 14.5 Å². The van der Waals surface area contributed by atoms with Gasteiger partial charge in [-0.2, -0.15) is 0 Å². The van der Waals surface area contributed by atoms with Crippen LogP contribution in [0.5, 0.6) is 11.5 Å². The first-order chi connectivity index (χ1) is 11.3. The second kappa shape index (κ2) is 7.79. The zero-order chi connectivity index (χ0) is 16.1. The Morgan fingerprint density at radius 3 is 2.74 bits per heavy atom. The van der Waals surface area contributed by atoms with Crippen molar-refractivity contribution < 1.29 is 9.47 Å². The fraction of sp³-hybridized carbons (Fsp3) is 0.278. The molecule has 0 atom stereocenters. The van der Waals surface area contributed by atoms with Gasteiger partial charge in [-0.1, -0.05) is 28.1 Å². The number of benzene rings is 2. The third kappa shape index (κ3) is 3.85. The largest absolute Gasteiger partial charge is 0.493 e. The Hall–Kier alpha value is -1.59. The van der Waals surface area contributed by atoms with Crippen molar-refractivity contribution in [3.63, 3.8) is 0 Å². The lowest BCUT2D eigenvalue weighted by molar-refractivity contribution is 0.289. The Morgan fingerprint density at radius 1 is 1.09 bits per heavy atom. The molecule has 0 radical (unpaired) electrons. The van der Waals surface area contributed by atoms with Crippen LogP contribution >= 0.6 is 27.3 Å². The van der Waals surface area contributed by atoms with Crippen LogP contribution in [0.1, 0.15) is 12.8 Å². The van der Waals surface area contributed by atoms with Gasteiger partial charge in [-0.25, -0.2) is 4.98 Å². The summed E-state index contributed by atoms with van der Waals surface area (Å²) >= 11 is 5.11. The number of methoxy groups -OCH3 is 1. The van der Waals surface area contributed by atoms with Gasteiger partial charge >= 0.3 is 0 Å². The molecule has 0 fully saturated rings. The summed E-state index contributed by atoms with van der Waals surface area (Å²) in [6.07, 6.45) is 2.13. The van der Waals surface area contributed by atoms with E-state index in [1.54, 1.807) is 18.4 Å². The first-order valence-electron chi connectivity index (χ1n) is 7.54. The first-order valence-corrected chi connectivity index (χ1v) is 9.48. The predicted molar refractivity (Wildman–Crippen MR) is 100 cm³/mol. The minimum Gasteiger partial charge on any atom is -0.493 e. The number of hydrogen-bond acceptors (Lipinski definition) is 4. The first kappa shape index (κ1) is 16.3. The standard InChI is InChI=1S/C18H18BrNO2S/c1-21-16-12-13(8-9-15(16)22-11-5-4-10-19)18-20-14-6-2-3-7-17(14)23-18/h2-3,6-9,12H,4-5,10-11H2,1H3. The molecule has 0 aliphatic carbocycles. The summed E-state index contributed by atoms with van der Waals surface area (Å²) in [4.78, 5) is 4.69. The smallest absolute Gasteiger partial charge is 0.161 e. The molecular weight excluding hydrogens is 374 g/mol. The van der Waals surface area contributed by atoms with E-state index in [1.165, 1.54) is 4.70 Å². The van der Waals surface area contributed by atoms with Crippen molar-refractivity contribution in [2.75, 3.05) is 19.0 Å². The van der Waals surface area contributed by atoms with Crippen LogP contribution in [-0.4, -0.2) is 24.0 Å². The second-order valence-electron chi connectivity index (χ2n) is 5.10. The number of ether oxygens (including phenoxy) is 2. The highest BCUT2D eigenvalue weighted by atomic mass is 79.9. The Kier molecular flexibility index (Phi) is 5.51. The van der Waals surface area contributed by atoms with Gasteiger partial charge in [0.15, 0.2) is 11.5 Å². The molecule has 0 aliphatic heterocycles. The maximum absolute atomic E-state index is 5.82. The summed E-state index contributed by atoms with van der Waals surface area (Å²) in [6.45, 7) is 0.697. The molecule has 0 bridgehead atoms. The zero-order valence-corrected chi connectivity index (χ0v) is 15.3. The Bertz CT molecular complexity index is 755. The molecule has 3 nitrogen and oxygen atoms in total. The van der Waals surface area contributed by atoms with Crippen LogP contribution in [0.2, 0.25) is 0 Å². The molecule has 3 rings (SSSR count). The van der Waals surface area contributed by atoms with Crippen molar-refractivity contribution in [2.24, 2.45) is 0 Å². The summed E-state index contributed by atoms with van der Waals surface area (Å²) < 4.78 is 12.5. The molecule has 2 aromatic carbocycles. The highest BCUT2D eigenvalue weighted by molar-refractivity contribution is 9.09. The fourth-order valence-corrected chi connectivity index (χ4v) is 3.65. The zero-order valence-electron chi connectivity index (χ0n) is 12.9. The van der Waals surface area contributed by atoms with Crippen molar-refractivity contribution >= 4 is 37.5 Å². The number of para-hydroxylation sites is 1. The van der Waals surface area contributed by atoms with Crippen LogP contribution in [0.4, 0.5) is 0 Å². The Morgan fingerprint density at radius 2 is 1.96 bits per heavy atom. The SMILES string of the molecule is COc1cc(-c2nc3ccccc3s2)ccc1OCCCCBr. The molecule has 0 unspecified atom stereocenters. The second-order valence-corrected chi connectivity index (χ2v) is 6.92. The summed E-state index contributed by atoms with van der Waals surface area (Å²) in [6, 6.07) is 14.2. The van der Waals surface area contributed by atoms with Crippen LogP contribution in [0.25, 0.3) is 20.8 Å². The highest BCUT2D eigenvalue weighted by Gasteiger charge is 2.10. The van der Waals surface area contributed by atoms with E-state index in [1.807, 2.05) is 36.4 Å². The van der Waals surface area contributed by atoms with Gasteiger partial charge in [-0.15, -0.1) is 11.3 Å². The van der Waals surface area contributed by atoms with Crippen LogP contribution in [-0.2, 0) is 0 Å². The number of hydrogen-bond donors (Lipinski definition) is 0. The monoisotopic (exact) mass is 391 g/mol.